The van der Waals surface area contributed by atoms with Crippen molar-refractivity contribution in [2.75, 3.05) is 20.1 Å². The van der Waals surface area contributed by atoms with E-state index in [4.69, 9.17) is 22.7 Å². The Morgan fingerprint density at radius 2 is 1.95 bits per heavy atom. The van der Waals surface area contributed by atoms with E-state index in [1.54, 1.807) is 6.07 Å². The van der Waals surface area contributed by atoms with Crippen LogP contribution < -0.4 is 5.73 Å². The van der Waals surface area contributed by atoms with Crippen molar-refractivity contribution in [2.24, 2.45) is 5.73 Å². The van der Waals surface area contributed by atoms with Crippen LogP contribution in [0.4, 0.5) is 0 Å². The molecule has 2 unspecified atom stereocenters. The number of halogens is 1. The topological polar surface area (TPSA) is 56.4 Å². The van der Waals surface area contributed by atoms with Gasteiger partial charge in [-0.1, -0.05) is 23.7 Å². The predicted molar refractivity (Wildman–Crippen MR) is 84.4 cm³/mol. The van der Waals surface area contributed by atoms with Gasteiger partial charge in [-0.05, 0) is 32.5 Å². The quantitative estimate of drug-likeness (QED) is 0.663. The van der Waals surface area contributed by atoms with Gasteiger partial charge in [0.2, 0.25) is 0 Å². The van der Waals surface area contributed by atoms with Crippen molar-refractivity contribution in [3.63, 3.8) is 0 Å². The van der Waals surface area contributed by atoms with Crippen molar-refractivity contribution in [1.82, 2.24) is 9.80 Å². The monoisotopic (exact) mass is 294 g/mol. The molecule has 110 valence electrons. The van der Waals surface area contributed by atoms with Gasteiger partial charge in [-0.2, -0.15) is 0 Å². The summed E-state index contributed by atoms with van der Waals surface area (Å²) in [6.07, 6.45) is 0. The molecule has 1 fully saturated rings. The van der Waals surface area contributed by atoms with Crippen LogP contribution in [0.2, 0.25) is 5.02 Å². The van der Waals surface area contributed by atoms with Crippen LogP contribution in [0, 0.1) is 5.41 Å². The molecule has 1 aliphatic rings. The Balaban J connectivity index is 2.09. The zero-order valence-electron chi connectivity index (χ0n) is 12.4. The second kappa shape index (κ2) is 6.12. The number of nitrogens with two attached hydrogens (primary N) is 1. The van der Waals surface area contributed by atoms with Gasteiger partial charge in [0, 0.05) is 42.3 Å². The molecule has 20 heavy (non-hydrogen) atoms. The fourth-order valence-corrected chi connectivity index (χ4v) is 2.97. The average Bonchev–Trinajstić information content (AvgIpc) is 2.38. The Labute approximate surface area is 126 Å². The van der Waals surface area contributed by atoms with Gasteiger partial charge < -0.3 is 5.73 Å². The standard InChI is InChI=1S/C15H23ClN4/c1-10-7-20(8-11(2)19(10)3)9-13-5-4-12(15(17)18)6-14(13)16/h4-6,10-11H,7-9H2,1-3H3,(H3,17,18). The highest BCUT2D eigenvalue weighted by Crippen LogP contribution is 2.22. The van der Waals surface area contributed by atoms with Crippen molar-refractivity contribution in [3.05, 3.63) is 34.3 Å². The van der Waals surface area contributed by atoms with E-state index in [2.05, 4.69) is 30.7 Å². The van der Waals surface area contributed by atoms with E-state index in [0.717, 1.165) is 25.2 Å². The van der Waals surface area contributed by atoms with Crippen LogP contribution >= 0.6 is 11.6 Å². The van der Waals surface area contributed by atoms with Gasteiger partial charge in [-0.25, -0.2) is 0 Å². The number of hydrogen-bond donors (Lipinski definition) is 2. The van der Waals surface area contributed by atoms with Crippen LogP contribution in [0.25, 0.3) is 0 Å². The molecule has 3 N–H and O–H groups in total. The Bertz CT molecular complexity index is 491. The van der Waals surface area contributed by atoms with E-state index in [0.29, 0.717) is 22.7 Å². The number of nitrogens with zero attached hydrogens (tertiary/aromatic N) is 2. The first kappa shape index (κ1) is 15.3. The van der Waals surface area contributed by atoms with Crippen LogP contribution in [0.1, 0.15) is 25.0 Å². The molecule has 0 aromatic heterocycles. The molecule has 2 rings (SSSR count). The summed E-state index contributed by atoms with van der Waals surface area (Å²) >= 11 is 6.30. The number of rotatable bonds is 3. The van der Waals surface area contributed by atoms with Crippen LogP contribution in [-0.4, -0.2) is 47.9 Å². The van der Waals surface area contributed by atoms with Crippen molar-refractivity contribution < 1.29 is 0 Å². The summed E-state index contributed by atoms with van der Waals surface area (Å²) in [5.74, 6) is 0.0558. The smallest absolute Gasteiger partial charge is 0.122 e. The molecular weight excluding hydrogens is 272 g/mol. The number of nitrogens with one attached hydrogen (secondary N) is 1. The largest absolute Gasteiger partial charge is 0.384 e. The van der Waals surface area contributed by atoms with Gasteiger partial charge >= 0.3 is 0 Å². The summed E-state index contributed by atoms with van der Waals surface area (Å²) in [5.41, 5.74) is 7.25. The zero-order chi connectivity index (χ0) is 14.9. The highest BCUT2D eigenvalue weighted by atomic mass is 35.5. The third-order valence-electron chi connectivity index (χ3n) is 4.19. The van der Waals surface area contributed by atoms with Crippen LogP contribution in [0.15, 0.2) is 18.2 Å². The summed E-state index contributed by atoms with van der Waals surface area (Å²) in [6, 6.07) is 6.73. The lowest BCUT2D eigenvalue weighted by Gasteiger charge is -2.42. The molecule has 5 heteroatoms. The highest BCUT2D eigenvalue weighted by molar-refractivity contribution is 6.31. The Morgan fingerprint density at radius 3 is 2.45 bits per heavy atom. The van der Waals surface area contributed by atoms with Crippen molar-refractivity contribution in [1.29, 1.82) is 5.41 Å². The molecule has 1 heterocycles. The van der Waals surface area contributed by atoms with Gasteiger partial charge in [-0.3, -0.25) is 15.2 Å². The van der Waals surface area contributed by atoms with Crippen molar-refractivity contribution in [3.8, 4) is 0 Å². The van der Waals surface area contributed by atoms with E-state index in [1.807, 2.05) is 12.1 Å². The molecule has 1 aromatic carbocycles. The molecule has 4 nitrogen and oxygen atoms in total. The first-order valence-electron chi connectivity index (χ1n) is 6.95. The first-order chi connectivity index (χ1) is 9.38. The van der Waals surface area contributed by atoms with Crippen LogP contribution in [-0.2, 0) is 6.54 Å². The minimum Gasteiger partial charge on any atom is -0.384 e. The van der Waals surface area contributed by atoms with Crippen LogP contribution in [0.3, 0.4) is 0 Å². The molecule has 1 aromatic rings. The second-order valence-electron chi connectivity index (χ2n) is 5.78. The minimum absolute atomic E-state index is 0.0558. The number of nitrogen functional groups attached to an aromatic ring is 1. The SMILES string of the molecule is CC1CN(Cc2ccc(C(=N)N)cc2Cl)CC(C)N1C. The molecule has 1 saturated heterocycles. The maximum atomic E-state index is 7.43. The van der Waals surface area contributed by atoms with Crippen LogP contribution in [0.5, 0.6) is 0 Å². The molecule has 1 aliphatic heterocycles. The van der Waals surface area contributed by atoms with E-state index < -0.39 is 0 Å². The Morgan fingerprint density at radius 1 is 1.35 bits per heavy atom. The summed E-state index contributed by atoms with van der Waals surface area (Å²) in [4.78, 5) is 4.85. The van der Waals surface area contributed by atoms with Gasteiger partial charge in [0.25, 0.3) is 0 Å². The fraction of sp³-hybridized carbons (Fsp3) is 0.533. The maximum Gasteiger partial charge on any atom is 0.122 e. The molecule has 0 saturated carbocycles. The molecule has 2 atom stereocenters. The fourth-order valence-electron chi connectivity index (χ4n) is 2.73. The molecule has 0 amide bonds. The predicted octanol–water partition coefficient (Wildman–Crippen LogP) is 2.15. The molecule has 0 radical (unpaired) electrons. The third-order valence-corrected chi connectivity index (χ3v) is 4.55. The first-order valence-corrected chi connectivity index (χ1v) is 7.33. The number of likely N-dealkylation sites (N-methyl/N-ethyl adjacent to an activating group) is 1. The second-order valence-corrected chi connectivity index (χ2v) is 6.18. The lowest BCUT2D eigenvalue weighted by atomic mass is 10.1. The number of piperazine rings is 1. The molecular formula is C15H23ClN4. The van der Waals surface area contributed by atoms with Gasteiger partial charge in [0.1, 0.15) is 5.84 Å². The van der Waals surface area contributed by atoms with Gasteiger partial charge in [0.15, 0.2) is 0 Å². The molecule has 0 spiro atoms. The normalized spacial score (nSPS) is 24.8. The number of amidine groups is 1. The Hall–Kier alpha value is -1.10. The van der Waals surface area contributed by atoms with E-state index >= 15 is 0 Å². The average molecular weight is 295 g/mol. The minimum atomic E-state index is 0.0558. The Kier molecular flexibility index (Phi) is 4.68. The van der Waals surface area contributed by atoms with E-state index in [9.17, 15) is 0 Å². The van der Waals surface area contributed by atoms with E-state index in [-0.39, 0.29) is 5.84 Å². The number of hydrogen-bond acceptors (Lipinski definition) is 3. The highest BCUT2D eigenvalue weighted by Gasteiger charge is 2.26. The lowest BCUT2D eigenvalue weighted by molar-refractivity contribution is 0.0556. The maximum absolute atomic E-state index is 7.43. The third kappa shape index (κ3) is 3.32. The summed E-state index contributed by atoms with van der Waals surface area (Å²) in [7, 11) is 2.18. The van der Waals surface area contributed by atoms with Crippen molar-refractivity contribution in [2.45, 2.75) is 32.5 Å². The zero-order valence-corrected chi connectivity index (χ0v) is 13.1. The van der Waals surface area contributed by atoms with Crippen molar-refractivity contribution >= 4 is 17.4 Å². The molecule has 0 bridgehead atoms. The van der Waals surface area contributed by atoms with Gasteiger partial charge in [-0.15, -0.1) is 0 Å². The number of benzene rings is 1. The summed E-state index contributed by atoms with van der Waals surface area (Å²) in [6.45, 7) is 7.45. The van der Waals surface area contributed by atoms with E-state index in [1.165, 1.54) is 0 Å². The molecule has 0 aliphatic carbocycles. The lowest BCUT2D eigenvalue weighted by Crippen LogP contribution is -2.54. The van der Waals surface area contributed by atoms with Gasteiger partial charge in [0.05, 0.1) is 0 Å². The summed E-state index contributed by atoms with van der Waals surface area (Å²) in [5, 5.41) is 8.13. The summed E-state index contributed by atoms with van der Waals surface area (Å²) < 4.78 is 0.